The van der Waals surface area contributed by atoms with Gasteiger partial charge in [0.05, 0.1) is 13.5 Å². The minimum absolute atomic E-state index is 0.0544. The quantitative estimate of drug-likeness (QED) is 0.461. The minimum atomic E-state index is -0.509. The van der Waals surface area contributed by atoms with Crippen molar-refractivity contribution >= 4 is 22.8 Å². The van der Waals surface area contributed by atoms with Crippen molar-refractivity contribution in [3.8, 4) is 0 Å². The van der Waals surface area contributed by atoms with E-state index in [0.717, 1.165) is 0 Å². The molecule has 58 valence electrons. The molecule has 0 unspecified atom stereocenters. The zero-order chi connectivity index (χ0) is 8.15. The van der Waals surface area contributed by atoms with E-state index in [1.807, 2.05) is 0 Å². The van der Waals surface area contributed by atoms with E-state index in [1.165, 1.54) is 7.11 Å². The molecule has 0 heterocycles. The molecular formula is C6H9ClO3. The summed E-state index contributed by atoms with van der Waals surface area (Å²) >= 11 is 5.08. The number of hydrogen-bond acceptors (Lipinski definition) is 3. The normalized spacial score (nSPS) is 12.3. The summed E-state index contributed by atoms with van der Waals surface area (Å²) in [4.78, 5) is 20.8. The van der Waals surface area contributed by atoms with E-state index >= 15 is 0 Å². The lowest BCUT2D eigenvalue weighted by atomic mass is 10.1. The van der Waals surface area contributed by atoms with Gasteiger partial charge in [-0.05, 0) is 11.6 Å². The molecule has 0 aromatic rings. The Morgan fingerprint density at radius 1 is 1.60 bits per heavy atom. The smallest absolute Gasteiger partial charge is 0.306 e. The first-order chi connectivity index (χ1) is 4.57. The van der Waals surface area contributed by atoms with Gasteiger partial charge in [-0.2, -0.15) is 0 Å². The van der Waals surface area contributed by atoms with Crippen molar-refractivity contribution in [2.75, 3.05) is 7.11 Å². The van der Waals surface area contributed by atoms with Crippen LogP contribution < -0.4 is 0 Å². The number of rotatable bonds is 3. The van der Waals surface area contributed by atoms with Gasteiger partial charge in [0.1, 0.15) is 0 Å². The highest BCUT2D eigenvalue weighted by Gasteiger charge is 2.14. The molecule has 0 rings (SSSR count). The molecule has 0 saturated carbocycles. The van der Waals surface area contributed by atoms with Crippen LogP contribution in [0, 0.1) is 5.92 Å². The third-order valence-electron chi connectivity index (χ3n) is 1.09. The standard InChI is InChI=1S/C6H9ClO3/c1-4(6(7)9)3-5(8)10-2/h4H,3H2,1-2H3/t4-/m0/s1. The topological polar surface area (TPSA) is 43.4 Å². The highest BCUT2D eigenvalue weighted by Crippen LogP contribution is 2.06. The molecule has 0 aromatic heterocycles. The fourth-order valence-corrected chi connectivity index (χ4v) is 0.491. The summed E-state index contributed by atoms with van der Waals surface area (Å²) in [6, 6.07) is 0. The lowest BCUT2D eigenvalue weighted by Crippen LogP contribution is -2.11. The van der Waals surface area contributed by atoms with Gasteiger partial charge in [-0.1, -0.05) is 6.92 Å². The van der Waals surface area contributed by atoms with E-state index in [2.05, 4.69) is 4.74 Å². The SMILES string of the molecule is COC(=O)C[C@H](C)C(=O)Cl. The van der Waals surface area contributed by atoms with Gasteiger partial charge in [0.2, 0.25) is 5.24 Å². The molecule has 10 heavy (non-hydrogen) atoms. The molecule has 4 heteroatoms. The van der Waals surface area contributed by atoms with Gasteiger partial charge in [-0.15, -0.1) is 0 Å². The highest BCUT2D eigenvalue weighted by atomic mass is 35.5. The maximum absolute atomic E-state index is 10.5. The molecule has 0 amide bonds. The molecule has 0 spiro atoms. The molecule has 1 atom stereocenters. The van der Waals surface area contributed by atoms with Crippen LogP contribution in [-0.4, -0.2) is 18.3 Å². The number of hydrogen-bond donors (Lipinski definition) is 0. The summed E-state index contributed by atoms with van der Waals surface area (Å²) in [5.74, 6) is -0.865. The Balaban J connectivity index is 3.68. The largest absolute Gasteiger partial charge is 0.469 e. The minimum Gasteiger partial charge on any atom is -0.469 e. The van der Waals surface area contributed by atoms with E-state index in [1.54, 1.807) is 6.92 Å². The van der Waals surface area contributed by atoms with Crippen LogP contribution in [0.3, 0.4) is 0 Å². The molecule has 0 saturated heterocycles. The van der Waals surface area contributed by atoms with Crippen molar-refractivity contribution < 1.29 is 14.3 Å². The first-order valence-corrected chi connectivity index (χ1v) is 3.22. The van der Waals surface area contributed by atoms with E-state index in [4.69, 9.17) is 11.6 Å². The van der Waals surface area contributed by atoms with Crippen LogP contribution in [0.2, 0.25) is 0 Å². The van der Waals surface area contributed by atoms with Crippen LogP contribution in [0.15, 0.2) is 0 Å². The zero-order valence-corrected chi connectivity index (χ0v) is 6.64. The van der Waals surface area contributed by atoms with E-state index in [0.29, 0.717) is 0 Å². The monoisotopic (exact) mass is 164 g/mol. The molecule has 0 aliphatic carbocycles. The molecule has 0 bridgehead atoms. The van der Waals surface area contributed by atoms with Gasteiger partial charge in [0, 0.05) is 5.92 Å². The lowest BCUT2D eigenvalue weighted by Gasteiger charge is -2.02. The summed E-state index contributed by atoms with van der Waals surface area (Å²) in [5.41, 5.74) is 0. The second-order valence-electron chi connectivity index (χ2n) is 1.99. The maximum Gasteiger partial charge on any atom is 0.306 e. The van der Waals surface area contributed by atoms with Crippen LogP contribution in [0.25, 0.3) is 0 Å². The number of esters is 1. The number of carbonyl (C=O) groups excluding carboxylic acids is 2. The summed E-state index contributed by atoms with van der Waals surface area (Å²) in [6.45, 7) is 1.58. The first-order valence-electron chi connectivity index (χ1n) is 2.84. The molecule has 0 aliphatic heterocycles. The van der Waals surface area contributed by atoms with Gasteiger partial charge in [-0.25, -0.2) is 0 Å². The van der Waals surface area contributed by atoms with E-state index < -0.39 is 17.1 Å². The molecule has 0 fully saturated rings. The van der Waals surface area contributed by atoms with Crippen LogP contribution in [0.5, 0.6) is 0 Å². The lowest BCUT2D eigenvalue weighted by molar-refractivity contribution is -0.142. The van der Waals surface area contributed by atoms with Crippen molar-refractivity contribution in [1.82, 2.24) is 0 Å². The Morgan fingerprint density at radius 3 is 2.40 bits per heavy atom. The molecular weight excluding hydrogens is 156 g/mol. The Kier molecular flexibility index (Phi) is 4.03. The maximum atomic E-state index is 10.5. The van der Waals surface area contributed by atoms with Crippen molar-refractivity contribution in [1.29, 1.82) is 0 Å². The Morgan fingerprint density at radius 2 is 2.10 bits per heavy atom. The van der Waals surface area contributed by atoms with Gasteiger partial charge in [0.25, 0.3) is 0 Å². The fraction of sp³-hybridized carbons (Fsp3) is 0.667. The summed E-state index contributed by atoms with van der Waals surface area (Å²) < 4.78 is 4.32. The van der Waals surface area contributed by atoms with Gasteiger partial charge in [0.15, 0.2) is 0 Å². The van der Waals surface area contributed by atoms with Crippen LogP contribution >= 0.6 is 11.6 Å². The average Bonchev–Trinajstić information content (AvgIpc) is 1.87. The molecule has 0 aromatic carbocycles. The predicted molar refractivity (Wildman–Crippen MR) is 36.7 cm³/mol. The average molecular weight is 165 g/mol. The van der Waals surface area contributed by atoms with E-state index in [9.17, 15) is 9.59 Å². The van der Waals surface area contributed by atoms with Crippen molar-refractivity contribution in [2.45, 2.75) is 13.3 Å². The highest BCUT2D eigenvalue weighted by molar-refractivity contribution is 6.64. The second-order valence-corrected chi connectivity index (χ2v) is 2.36. The molecule has 0 N–H and O–H groups in total. The summed E-state index contributed by atoms with van der Waals surface area (Å²) in [7, 11) is 1.27. The van der Waals surface area contributed by atoms with Gasteiger partial charge < -0.3 is 4.74 Å². The molecule has 0 radical (unpaired) electrons. The Labute approximate surface area is 64.3 Å². The Bertz CT molecular complexity index is 144. The third-order valence-corrected chi connectivity index (χ3v) is 1.46. The Hall–Kier alpha value is -0.570. The number of carbonyl (C=O) groups is 2. The number of methoxy groups -OCH3 is 1. The molecule has 0 aliphatic rings. The molecule has 3 nitrogen and oxygen atoms in total. The van der Waals surface area contributed by atoms with Gasteiger partial charge in [-0.3, -0.25) is 9.59 Å². The van der Waals surface area contributed by atoms with E-state index in [-0.39, 0.29) is 6.42 Å². The predicted octanol–water partition coefficient (Wildman–Crippen LogP) is 0.951. The van der Waals surface area contributed by atoms with Crippen molar-refractivity contribution in [3.63, 3.8) is 0 Å². The van der Waals surface area contributed by atoms with Crippen molar-refractivity contribution in [3.05, 3.63) is 0 Å². The number of halogens is 1. The summed E-state index contributed by atoms with van der Waals surface area (Å²) in [5, 5.41) is -0.509. The van der Waals surface area contributed by atoms with Gasteiger partial charge >= 0.3 is 5.97 Å². The fourth-order valence-electron chi connectivity index (χ4n) is 0.414. The number of ether oxygens (including phenoxy) is 1. The summed E-state index contributed by atoms with van der Waals surface area (Å²) in [6.07, 6.45) is 0.0544. The third kappa shape index (κ3) is 3.45. The van der Waals surface area contributed by atoms with Crippen LogP contribution in [0.4, 0.5) is 0 Å². The van der Waals surface area contributed by atoms with Crippen LogP contribution in [0.1, 0.15) is 13.3 Å². The second kappa shape index (κ2) is 4.28. The zero-order valence-electron chi connectivity index (χ0n) is 5.89. The first kappa shape index (κ1) is 9.43. The van der Waals surface area contributed by atoms with Crippen LogP contribution in [-0.2, 0) is 14.3 Å². The van der Waals surface area contributed by atoms with Crippen molar-refractivity contribution in [2.24, 2.45) is 5.92 Å².